The lowest BCUT2D eigenvalue weighted by atomic mass is 9.85. The number of carbonyl (C=O) groups is 3. The fraction of sp³-hybridized carbons (Fsp3) is 0.267. The van der Waals surface area contributed by atoms with Crippen LogP contribution in [0.4, 0.5) is 0 Å². The van der Waals surface area contributed by atoms with E-state index in [-0.39, 0.29) is 6.42 Å². The van der Waals surface area contributed by atoms with Gasteiger partial charge in [0.1, 0.15) is 0 Å². The molecule has 0 aliphatic rings. The van der Waals surface area contributed by atoms with E-state index in [4.69, 9.17) is 0 Å². The summed E-state index contributed by atoms with van der Waals surface area (Å²) in [5.41, 5.74) is -1.46. The molecule has 5 nitrogen and oxygen atoms in total. The Morgan fingerprint density at radius 1 is 1.30 bits per heavy atom. The first-order valence-corrected chi connectivity index (χ1v) is 6.06. The van der Waals surface area contributed by atoms with Crippen LogP contribution in [0.25, 0.3) is 0 Å². The predicted octanol–water partition coefficient (Wildman–Crippen LogP) is 1.49. The molecule has 0 aliphatic heterocycles. The van der Waals surface area contributed by atoms with Crippen LogP contribution in [-0.2, 0) is 14.3 Å². The Balaban J connectivity index is 3.33. The van der Waals surface area contributed by atoms with E-state index in [1.165, 1.54) is 20.1 Å². The fourth-order valence-electron chi connectivity index (χ4n) is 1.95. The van der Waals surface area contributed by atoms with Gasteiger partial charge in [-0.2, -0.15) is 0 Å². The number of esters is 1. The number of ether oxygens (including phenoxy) is 1. The van der Waals surface area contributed by atoms with Crippen LogP contribution in [0, 0.1) is 0 Å². The second-order valence-electron chi connectivity index (χ2n) is 4.27. The molecule has 1 unspecified atom stereocenters. The Bertz CT molecular complexity index is 524. The number of amides is 1. The minimum atomic E-state index is -1.77. The monoisotopic (exact) mass is 275 g/mol. The van der Waals surface area contributed by atoms with Crippen LogP contribution in [0.15, 0.2) is 43.0 Å². The topological polar surface area (TPSA) is 72.5 Å². The number of ketones is 1. The number of hydrogen-bond donors (Lipinski definition) is 1. The van der Waals surface area contributed by atoms with E-state index in [1.807, 2.05) is 0 Å². The third kappa shape index (κ3) is 3.12. The predicted molar refractivity (Wildman–Crippen MR) is 74.2 cm³/mol. The van der Waals surface area contributed by atoms with Crippen molar-refractivity contribution >= 4 is 17.7 Å². The highest BCUT2D eigenvalue weighted by Crippen LogP contribution is 2.20. The molecule has 0 saturated carbocycles. The van der Waals surface area contributed by atoms with Gasteiger partial charge in [-0.05, 0) is 0 Å². The van der Waals surface area contributed by atoms with E-state index in [2.05, 4.69) is 16.6 Å². The van der Waals surface area contributed by atoms with Crippen LogP contribution in [0.3, 0.4) is 0 Å². The molecule has 1 aromatic rings. The van der Waals surface area contributed by atoms with Gasteiger partial charge in [0.15, 0.2) is 5.78 Å². The first-order chi connectivity index (χ1) is 9.47. The summed E-state index contributed by atoms with van der Waals surface area (Å²) in [7, 11) is 1.17. The molecule has 1 N–H and O–H groups in total. The zero-order chi connectivity index (χ0) is 15.2. The van der Waals surface area contributed by atoms with E-state index in [0.29, 0.717) is 5.56 Å². The summed E-state index contributed by atoms with van der Waals surface area (Å²) >= 11 is 0. The third-order valence-electron chi connectivity index (χ3n) is 2.80. The van der Waals surface area contributed by atoms with Crippen LogP contribution in [-0.4, -0.2) is 30.3 Å². The Morgan fingerprint density at radius 2 is 1.90 bits per heavy atom. The average molecular weight is 275 g/mol. The zero-order valence-electron chi connectivity index (χ0n) is 11.5. The summed E-state index contributed by atoms with van der Waals surface area (Å²) < 4.78 is 4.69. The van der Waals surface area contributed by atoms with E-state index >= 15 is 0 Å². The maximum Gasteiger partial charge on any atom is 0.340 e. The molecule has 0 heterocycles. The summed E-state index contributed by atoms with van der Waals surface area (Å²) in [6.07, 6.45) is 1.35. The molecule has 20 heavy (non-hydrogen) atoms. The number of benzene rings is 1. The highest BCUT2D eigenvalue weighted by Gasteiger charge is 2.47. The standard InChI is InChI=1S/C15H17NO4/c1-4-10-15(14(19)20-3,16-11(2)17)13(18)12-8-6-5-7-9-12/h4-9H,1,10H2,2-3H3,(H,16,17). The number of nitrogens with one attached hydrogen (secondary N) is 1. The Morgan fingerprint density at radius 3 is 2.35 bits per heavy atom. The van der Waals surface area contributed by atoms with Gasteiger partial charge in [-0.3, -0.25) is 9.59 Å². The van der Waals surface area contributed by atoms with Gasteiger partial charge in [0.25, 0.3) is 0 Å². The summed E-state index contributed by atoms with van der Waals surface area (Å²) in [4.78, 5) is 36.1. The van der Waals surface area contributed by atoms with E-state index < -0.39 is 23.2 Å². The van der Waals surface area contributed by atoms with Crippen molar-refractivity contribution in [1.29, 1.82) is 0 Å². The molecule has 1 rings (SSSR count). The first-order valence-electron chi connectivity index (χ1n) is 6.06. The molecule has 0 saturated heterocycles. The molecule has 0 aliphatic carbocycles. The highest BCUT2D eigenvalue weighted by atomic mass is 16.5. The summed E-state index contributed by atoms with van der Waals surface area (Å²) in [6, 6.07) is 8.26. The van der Waals surface area contributed by atoms with Gasteiger partial charge < -0.3 is 10.1 Å². The molecule has 0 bridgehead atoms. The maximum absolute atomic E-state index is 12.6. The molecule has 1 aromatic carbocycles. The van der Waals surface area contributed by atoms with Crippen LogP contribution in [0.5, 0.6) is 0 Å². The van der Waals surface area contributed by atoms with Crippen LogP contribution < -0.4 is 5.32 Å². The first kappa shape index (κ1) is 15.6. The normalized spacial score (nSPS) is 12.9. The Labute approximate surface area is 117 Å². The minimum absolute atomic E-state index is 0.0486. The second-order valence-corrected chi connectivity index (χ2v) is 4.27. The Kier molecular flexibility index (Phi) is 5.20. The van der Waals surface area contributed by atoms with E-state index in [0.717, 1.165) is 0 Å². The van der Waals surface area contributed by atoms with Crippen molar-refractivity contribution in [2.45, 2.75) is 18.9 Å². The van der Waals surface area contributed by atoms with Crippen molar-refractivity contribution in [1.82, 2.24) is 5.32 Å². The molecule has 0 radical (unpaired) electrons. The lowest BCUT2D eigenvalue weighted by Gasteiger charge is -2.29. The molecule has 5 heteroatoms. The van der Waals surface area contributed by atoms with Crippen molar-refractivity contribution in [3.8, 4) is 0 Å². The average Bonchev–Trinajstić information content (AvgIpc) is 2.45. The summed E-state index contributed by atoms with van der Waals surface area (Å²) in [6.45, 7) is 4.77. The lowest BCUT2D eigenvalue weighted by molar-refractivity contribution is -0.148. The maximum atomic E-state index is 12.6. The largest absolute Gasteiger partial charge is 0.467 e. The van der Waals surface area contributed by atoms with E-state index in [9.17, 15) is 14.4 Å². The van der Waals surface area contributed by atoms with Crippen molar-refractivity contribution in [3.05, 3.63) is 48.6 Å². The van der Waals surface area contributed by atoms with Gasteiger partial charge in [0, 0.05) is 18.9 Å². The van der Waals surface area contributed by atoms with Gasteiger partial charge in [-0.25, -0.2) is 4.79 Å². The number of methoxy groups -OCH3 is 1. The summed E-state index contributed by atoms with van der Waals surface area (Å²) in [5.74, 6) is -1.84. The minimum Gasteiger partial charge on any atom is -0.467 e. The van der Waals surface area contributed by atoms with Crippen molar-refractivity contribution in [2.24, 2.45) is 0 Å². The van der Waals surface area contributed by atoms with Crippen LogP contribution in [0.1, 0.15) is 23.7 Å². The Hall–Kier alpha value is -2.43. The number of rotatable bonds is 6. The van der Waals surface area contributed by atoms with Gasteiger partial charge >= 0.3 is 5.97 Å². The molecule has 0 aromatic heterocycles. The van der Waals surface area contributed by atoms with Gasteiger partial charge in [-0.15, -0.1) is 6.58 Å². The van der Waals surface area contributed by atoms with Crippen molar-refractivity contribution in [2.75, 3.05) is 7.11 Å². The molecule has 1 atom stereocenters. The lowest BCUT2D eigenvalue weighted by Crippen LogP contribution is -2.60. The molecule has 0 fully saturated rings. The third-order valence-corrected chi connectivity index (χ3v) is 2.80. The second kappa shape index (κ2) is 6.65. The van der Waals surface area contributed by atoms with Crippen molar-refractivity contribution in [3.63, 3.8) is 0 Å². The quantitative estimate of drug-likeness (QED) is 0.369. The summed E-state index contributed by atoms with van der Waals surface area (Å²) in [5, 5.41) is 2.41. The molecule has 106 valence electrons. The smallest absolute Gasteiger partial charge is 0.340 e. The van der Waals surface area contributed by atoms with Gasteiger partial charge in [0.2, 0.25) is 11.4 Å². The van der Waals surface area contributed by atoms with Crippen LogP contribution in [0.2, 0.25) is 0 Å². The number of carbonyl (C=O) groups excluding carboxylic acids is 3. The van der Waals surface area contributed by atoms with Gasteiger partial charge in [0.05, 0.1) is 7.11 Å². The molecular weight excluding hydrogens is 258 g/mol. The number of Topliss-reactive ketones (excluding diaryl/α,β-unsaturated/α-hetero) is 1. The highest BCUT2D eigenvalue weighted by molar-refractivity contribution is 6.18. The zero-order valence-corrected chi connectivity index (χ0v) is 11.5. The van der Waals surface area contributed by atoms with E-state index in [1.54, 1.807) is 30.3 Å². The number of hydrogen-bond acceptors (Lipinski definition) is 4. The molecular formula is C15H17NO4. The van der Waals surface area contributed by atoms with Gasteiger partial charge in [-0.1, -0.05) is 36.4 Å². The molecule has 1 amide bonds. The molecule has 0 spiro atoms. The van der Waals surface area contributed by atoms with Crippen molar-refractivity contribution < 1.29 is 19.1 Å². The SMILES string of the molecule is C=CCC(NC(C)=O)(C(=O)OC)C(=O)c1ccccc1. The van der Waals surface area contributed by atoms with Crippen LogP contribution >= 0.6 is 0 Å². The fourth-order valence-corrected chi connectivity index (χ4v) is 1.95.